The molecule has 3 nitrogen and oxygen atoms in total. The Bertz CT molecular complexity index is 400. The van der Waals surface area contributed by atoms with Crippen molar-refractivity contribution in [2.45, 2.75) is 6.61 Å². The van der Waals surface area contributed by atoms with Crippen LogP contribution < -0.4 is 4.74 Å². The van der Waals surface area contributed by atoms with Crippen LogP contribution in [0, 0.1) is 5.82 Å². The Morgan fingerprint density at radius 2 is 2.21 bits per heavy atom. The zero-order valence-corrected chi connectivity index (χ0v) is 7.31. The van der Waals surface area contributed by atoms with Crippen LogP contribution in [0.4, 0.5) is 4.39 Å². The highest BCUT2D eigenvalue weighted by molar-refractivity contribution is 5.23. The van der Waals surface area contributed by atoms with Gasteiger partial charge in [0, 0.05) is 0 Å². The summed E-state index contributed by atoms with van der Waals surface area (Å²) in [4.78, 5) is 3.72. The molecule has 2 rings (SSSR count). The lowest BCUT2D eigenvalue weighted by molar-refractivity contribution is 0.258. The van der Waals surface area contributed by atoms with Gasteiger partial charge in [0.2, 0.25) is 0 Å². The summed E-state index contributed by atoms with van der Waals surface area (Å²) in [5.41, 5.74) is 0. The van der Waals surface area contributed by atoms with Gasteiger partial charge in [0.25, 0.3) is 0 Å². The van der Waals surface area contributed by atoms with E-state index in [4.69, 9.17) is 9.15 Å². The standard InChI is InChI=1S/C10H8FNO2/c11-9-3-1-2-4-10(9)13-6-8-5-12-7-14-8/h1-5,7H,6H2. The molecule has 0 aliphatic heterocycles. The van der Waals surface area contributed by atoms with Crippen LogP contribution in [0.1, 0.15) is 5.76 Å². The Morgan fingerprint density at radius 1 is 1.36 bits per heavy atom. The van der Waals surface area contributed by atoms with Gasteiger partial charge in [-0.05, 0) is 12.1 Å². The minimum Gasteiger partial charge on any atom is -0.483 e. The summed E-state index contributed by atoms with van der Waals surface area (Å²) in [5.74, 6) is 0.393. The molecule has 0 bridgehead atoms. The highest BCUT2D eigenvalue weighted by atomic mass is 19.1. The van der Waals surface area contributed by atoms with Crippen LogP contribution in [-0.4, -0.2) is 4.98 Å². The minimum atomic E-state index is -0.382. The van der Waals surface area contributed by atoms with E-state index in [1.165, 1.54) is 18.7 Å². The molecule has 1 aromatic heterocycles. The summed E-state index contributed by atoms with van der Waals surface area (Å²) in [7, 11) is 0. The maximum atomic E-state index is 13.0. The van der Waals surface area contributed by atoms with Crippen LogP contribution in [0.2, 0.25) is 0 Å². The summed E-state index contributed by atoms with van der Waals surface area (Å²) in [6.07, 6.45) is 2.83. The van der Waals surface area contributed by atoms with Crippen molar-refractivity contribution in [1.29, 1.82) is 0 Å². The van der Waals surface area contributed by atoms with Crippen LogP contribution in [0.5, 0.6) is 5.75 Å². The number of hydrogen-bond acceptors (Lipinski definition) is 3. The van der Waals surface area contributed by atoms with E-state index in [2.05, 4.69) is 4.98 Å². The first kappa shape index (κ1) is 8.74. The Hall–Kier alpha value is -1.84. The molecule has 4 heteroatoms. The molecule has 0 saturated carbocycles. The SMILES string of the molecule is Fc1ccccc1OCc1cnco1. The molecule has 0 saturated heterocycles. The zero-order chi connectivity index (χ0) is 9.80. The lowest BCUT2D eigenvalue weighted by Gasteiger charge is -2.03. The first-order valence-electron chi connectivity index (χ1n) is 4.11. The molecule has 0 N–H and O–H groups in total. The van der Waals surface area contributed by atoms with Crippen LogP contribution in [0.3, 0.4) is 0 Å². The van der Waals surface area contributed by atoms with Gasteiger partial charge in [-0.1, -0.05) is 12.1 Å². The maximum Gasteiger partial charge on any atom is 0.181 e. The second kappa shape index (κ2) is 3.91. The van der Waals surface area contributed by atoms with Crippen LogP contribution in [0.25, 0.3) is 0 Å². The minimum absolute atomic E-state index is 0.181. The number of para-hydroxylation sites is 1. The van der Waals surface area contributed by atoms with Gasteiger partial charge >= 0.3 is 0 Å². The third-order valence-electron chi connectivity index (χ3n) is 1.69. The molecule has 0 spiro atoms. The van der Waals surface area contributed by atoms with E-state index in [1.54, 1.807) is 18.2 Å². The molecule has 1 heterocycles. The number of nitrogens with zero attached hydrogens (tertiary/aromatic N) is 1. The number of benzene rings is 1. The van der Waals surface area contributed by atoms with Crippen LogP contribution >= 0.6 is 0 Å². The van der Waals surface area contributed by atoms with E-state index in [1.807, 2.05) is 0 Å². The van der Waals surface area contributed by atoms with Crippen molar-refractivity contribution in [2.24, 2.45) is 0 Å². The average Bonchev–Trinajstić information content (AvgIpc) is 2.69. The summed E-state index contributed by atoms with van der Waals surface area (Å²) in [6, 6.07) is 6.22. The monoisotopic (exact) mass is 193 g/mol. The Morgan fingerprint density at radius 3 is 2.93 bits per heavy atom. The van der Waals surface area contributed by atoms with Crippen molar-refractivity contribution >= 4 is 0 Å². The second-order valence-corrected chi connectivity index (χ2v) is 2.69. The topological polar surface area (TPSA) is 35.3 Å². The fraction of sp³-hybridized carbons (Fsp3) is 0.100. The number of hydrogen-bond donors (Lipinski definition) is 0. The van der Waals surface area contributed by atoms with Crippen LogP contribution in [0.15, 0.2) is 41.3 Å². The van der Waals surface area contributed by atoms with Gasteiger partial charge in [0.05, 0.1) is 6.20 Å². The highest BCUT2D eigenvalue weighted by Crippen LogP contribution is 2.16. The number of aromatic nitrogens is 1. The van der Waals surface area contributed by atoms with Crippen molar-refractivity contribution in [3.05, 3.63) is 48.4 Å². The quantitative estimate of drug-likeness (QED) is 0.750. The molecule has 0 fully saturated rings. The van der Waals surface area contributed by atoms with Gasteiger partial charge in [-0.2, -0.15) is 0 Å². The number of halogens is 1. The maximum absolute atomic E-state index is 13.0. The molecule has 0 aliphatic rings. The second-order valence-electron chi connectivity index (χ2n) is 2.69. The highest BCUT2D eigenvalue weighted by Gasteiger charge is 2.02. The van der Waals surface area contributed by atoms with Crippen molar-refractivity contribution < 1.29 is 13.5 Å². The van der Waals surface area contributed by atoms with Gasteiger partial charge in [0.15, 0.2) is 23.7 Å². The Balaban J connectivity index is 2.02. The molecule has 0 amide bonds. The normalized spacial score (nSPS) is 10.1. The molecule has 0 atom stereocenters. The molecular formula is C10H8FNO2. The Kier molecular flexibility index (Phi) is 2.44. The van der Waals surface area contributed by atoms with Gasteiger partial charge in [-0.15, -0.1) is 0 Å². The van der Waals surface area contributed by atoms with Crippen molar-refractivity contribution in [2.75, 3.05) is 0 Å². The largest absolute Gasteiger partial charge is 0.483 e. The summed E-state index contributed by atoms with van der Waals surface area (Å²) < 4.78 is 23.2. The van der Waals surface area contributed by atoms with E-state index in [0.717, 1.165) is 0 Å². The van der Waals surface area contributed by atoms with E-state index in [-0.39, 0.29) is 18.2 Å². The van der Waals surface area contributed by atoms with E-state index >= 15 is 0 Å². The zero-order valence-electron chi connectivity index (χ0n) is 7.31. The molecule has 1 aromatic carbocycles. The van der Waals surface area contributed by atoms with Crippen molar-refractivity contribution in [1.82, 2.24) is 4.98 Å². The fourth-order valence-electron chi connectivity index (χ4n) is 1.02. The van der Waals surface area contributed by atoms with Gasteiger partial charge in [-0.3, -0.25) is 0 Å². The molecule has 72 valence electrons. The number of oxazole rings is 1. The first-order valence-corrected chi connectivity index (χ1v) is 4.11. The molecule has 2 aromatic rings. The molecular weight excluding hydrogens is 185 g/mol. The van der Waals surface area contributed by atoms with E-state index in [9.17, 15) is 4.39 Å². The lowest BCUT2D eigenvalue weighted by atomic mass is 10.3. The first-order chi connectivity index (χ1) is 6.86. The third kappa shape index (κ3) is 1.90. The van der Waals surface area contributed by atoms with Gasteiger partial charge in [-0.25, -0.2) is 9.37 Å². The van der Waals surface area contributed by atoms with Gasteiger partial charge in [0.1, 0.15) is 6.61 Å². The van der Waals surface area contributed by atoms with Crippen molar-refractivity contribution in [3.63, 3.8) is 0 Å². The Labute approximate surface area is 80.1 Å². The smallest absolute Gasteiger partial charge is 0.181 e. The predicted octanol–water partition coefficient (Wildman–Crippen LogP) is 2.39. The summed E-state index contributed by atoms with van der Waals surface area (Å²) >= 11 is 0. The lowest BCUT2D eigenvalue weighted by Crippen LogP contribution is -1.95. The molecule has 0 aliphatic carbocycles. The number of ether oxygens (including phenoxy) is 1. The van der Waals surface area contributed by atoms with Crippen molar-refractivity contribution in [3.8, 4) is 5.75 Å². The summed E-state index contributed by atoms with van der Waals surface area (Å²) in [5, 5.41) is 0. The number of rotatable bonds is 3. The third-order valence-corrected chi connectivity index (χ3v) is 1.69. The van der Waals surface area contributed by atoms with E-state index < -0.39 is 0 Å². The molecule has 0 radical (unpaired) electrons. The van der Waals surface area contributed by atoms with Crippen LogP contribution in [-0.2, 0) is 6.61 Å². The van der Waals surface area contributed by atoms with Gasteiger partial charge < -0.3 is 9.15 Å². The molecule has 14 heavy (non-hydrogen) atoms. The molecule has 0 unspecified atom stereocenters. The predicted molar refractivity (Wildman–Crippen MR) is 47.2 cm³/mol. The fourth-order valence-corrected chi connectivity index (χ4v) is 1.02. The van der Waals surface area contributed by atoms with E-state index in [0.29, 0.717) is 5.76 Å². The summed E-state index contributed by atoms with van der Waals surface area (Å²) in [6.45, 7) is 0.181. The average molecular weight is 193 g/mol.